The summed E-state index contributed by atoms with van der Waals surface area (Å²) >= 11 is 0. The highest BCUT2D eigenvalue weighted by Crippen LogP contribution is 2.14. The Morgan fingerprint density at radius 1 is 1.00 bits per heavy atom. The molecular weight excluding hydrogens is 342 g/mol. The zero-order chi connectivity index (χ0) is 19.1. The van der Waals surface area contributed by atoms with Crippen molar-refractivity contribution in [1.29, 1.82) is 0 Å². The summed E-state index contributed by atoms with van der Waals surface area (Å²) in [5.74, 6) is -0.405. The van der Waals surface area contributed by atoms with Crippen molar-refractivity contribution >= 4 is 18.1 Å². The number of aromatic nitrogens is 1. The van der Waals surface area contributed by atoms with E-state index in [0.29, 0.717) is 22.4 Å². The van der Waals surface area contributed by atoms with Crippen molar-refractivity contribution in [1.82, 2.24) is 10.4 Å². The number of hydrogen-bond donors (Lipinski definition) is 1. The number of esters is 1. The largest absolute Gasteiger partial charge is 0.423 e. The van der Waals surface area contributed by atoms with E-state index in [1.165, 1.54) is 12.4 Å². The third kappa shape index (κ3) is 5.09. The quantitative estimate of drug-likeness (QED) is 0.328. The molecule has 0 spiro atoms. The van der Waals surface area contributed by atoms with Crippen molar-refractivity contribution in [3.8, 4) is 5.75 Å². The second-order valence-corrected chi connectivity index (χ2v) is 5.72. The average molecular weight is 359 g/mol. The predicted octanol–water partition coefficient (Wildman–Crippen LogP) is 3.37. The maximum absolute atomic E-state index is 12.1. The third-order valence-electron chi connectivity index (χ3n) is 3.63. The number of benzene rings is 2. The highest BCUT2D eigenvalue weighted by molar-refractivity contribution is 5.94. The van der Waals surface area contributed by atoms with E-state index in [1.54, 1.807) is 60.7 Å². The summed E-state index contributed by atoms with van der Waals surface area (Å²) in [4.78, 5) is 28.1. The summed E-state index contributed by atoms with van der Waals surface area (Å²) in [6.07, 6.45) is 2.96. The van der Waals surface area contributed by atoms with Crippen LogP contribution in [0.3, 0.4) is 0 Å². The molecule has 1 amide bonds. The standard InChI is InChI=1S/C21H17N3O3/c1-15-10-11-18(14-22-15)20(25)24-23-13-16-6-5-9-19(12-16)27-21(26)17-7-3-2-4-8-17/h2-14H,1H3,(H,24,25). The smallest absolute Gasteiger partial charge is 0.343 e. The molecule has 0 saturated carbocycles. The molecule has 27 heavy (non-hydrogen) atoms. The van der Waals surface area contributed by atoms with Crippen LogP contribution in [-0.4, -0.2) is 23.1 Å². The summed E-state index contributed by atoms with van der Waals surface area (Å²) in [6, 6.07) is 19.0. The van der Waals surface area contributed by atoms with Crippen LogP contribution in [-0.2, 0) is 0 Å². The van der Waals surface area contributed by atoms with Crippen LogP contribution in [0.1, 0.15) is 32.0 Å². The number of aryl methyl sites for hydroxylation is 1. The number of carbonyl (C=O) groups is 2. The fraction of sp³-hybridized carbons (Fsp3) is 0.0476. The highest BCUT2D eigenvalue weighted by Gasteiger charge is 2.08. The molecule has 134 valence electrons. The Kier molecular flexibility index (Phi) is 5.69. The molecule has 0 saturated heterocycles. The van der Waals surface area contributed by atoms with Gasteiger partial charge in [0.25, 0.3) is 5.91 Å². The SMILES string of the molecule is Cc1ccc(C(=O)NN=Cc2cccc(OC(=O)c3ccccc3)c2)cn1. The molecular formula is C21H17N3O3. The zero-order valence-corrected chi connectivity index (χ0v) is 14.6. The zero-order valence-electron chi connectivity index (χ0n) is 14.6. The molecule has 1 aromatic heterocycles. The Labute approximate surface area is 156 Å². The Morgan fingerprint density at radius 2 is 1.81 bits per heavy atom. The number of carbonyl (C=O) groups excluding carboxylic acids is 2. The van der Waals surface area contributed by atoms with E-state index < -0.39 is 5.97 Å². The van der Waals surface area contributed by atoms with Gasteiger partial charge in [-0.2, -0.15) is 5.10 Å². The normalized spacial score (nSPS) is 10.6. The van der Waals surface area contributed by atoms with Crippen LogP contribution in [0, 0.1) is 6.92 Å². The minimum Gasteiger partial charge on any atom is -0.423 e. The van der Waals surface area contributed by atoms with Crippen molar-refractivity contribution in [3.05, 3.63) is 95.3 Å². The number of ether oxygens (including phenoxy) is 1. The van der Waals surface area contributed by atoms with E-state index in [0.717, 1.165) is 5.69 Å². The van der Waals surface area contributed by atoms with Crippen molar-refractivity contribution < 1.29 is 14.3 Å². The summed E-state index contributed by atoms with van der Waals surface area (Å²) in [5, 5.41) is 3.93. The van der Waals surface area contributed by atoms with Crippen molar-refractivity contribution in [2.24, 2.45) is 5.10 Å². The minimum absolute atomic E-state index is 0.356. The van der Waals surface area contributed by atoms with E-state index >= 15 is 0 Å². The first-order valence-corrected chi connectivity index (χ1v) is 8.25. The molecule has 6 heteroatoms. The summed E-state index contributed by atoms with van der Waals surface area (Å²) in [7, 11) is 0. The lowest BCUT2D eigenvalue weighted by molar-refractivity contribution is 0.0734. The van der Waals surface area contributed by atoms with Crippen LogP contribution < -0.4 is 10.2 Å². The van der Waals surface area contributed by atoms with Crippen LogP contribution in [0.2, 0.25) is 0 Å². The molecule has 0 fully saturated rings. The van der Waals surface area contributed by atoms with Gasteiger partial charge in [-0.05, 0) is 48.9 Å². The second kappa shape index (κ2) is 8.53. The van der Waals surface area contributed by atoms with E-state index in [1.807, 2.05) is 13.0 Å². The molecule has 2 aromatic carbocycles. The van der Waals surface area contributed by atoms with Gasteiger partial charge in [-0.3, -0.25) is 9.78 Å². The van der Waals surface area contributed by atoms with Gasteiger partial charge in [0.15, 0.2) is 0 Å². The third-order valence-corrected chi connectivity index (χ3v) is 3.63. The first kappa shape index (κ1) is 18.0. The van der Waals surface area contributed by atoms with Crippen LogP contribution >= 0.6 is 0 Å². The molecule has 0 bridgehead atoms. The van der Waals surface area contributed by atoms with Gasteiger partial charge in [-0.1, -0.05) is 30.3 Å². The number of nitrogens with zero attached hydrogens (tertiary/aromatic N) is 2. The predicted molar refractivity (Wildman–Crippen MR) is 102 cm³/mol. The minimum atomic E-state index is -0.440. The highest BCUT2D eigenvalue weighted by atomic mass is 16.5. The van der Waals surface area contributed by atoms with Gasteiger partial charge in [0.2, 0.25) is 0 Å². The number of hydrogen-bond acceptors (Lipinski definition) is 5. The molecule has 0 radical (unpaired) electrons. The van der Waals surface area contributed by atoms with Gasteiger partial charge in [-0.25, -0.2) is 10.2 Å². The van der Waals surface area contributed by atoms with Crippen molar-refractivity contribution in [2.75, 3.05) is 0 Å². The fourth-order valence-electron chi connectivity index (χ4n) is 2.23. The fourth-order valence-corrected chi connectivity index (χ4v) is 2.23. The van der Waals surface area contributed by atoms with Gasteiger partial charge in [0.05, 0.1) is 17.3 Å². The average Bonchev–Trinajstić information content (AvgIpc) is 2.69. The molecule has 0 atom stereocenters. The van der Waals surface area contributed by atoms with Gasteiger partial charge in [-0.15, -0.1) is 0 Å². The number of pyridine rings is 1. The molecule has 1 N–H and O–H groups in total. The Hall–Kier alpha value is -3.80. The second-order valence-electron chi connectivity index (χ2n) is 5.72. The molecule has 0 unspecified atom stereocenters. The number of hydrazone groups is 1. The van der Waals surface area contributed by atoms with Crippen LogP contribution in [0.5, 0.6) is 5.75 Å². The first-order chi connectivity index (χ1) is 13.1. The molecule has 0 aliphatic heterocycles. The van der Waals surface area contributed by atoms with Gasteiger partial charge in [0.1, 0.15) is 5.75 Å². The molecule has 0 aliphatic rings. The van der Waals surface area contributed by atoms with Crippen LogP contribution in [0.15, 0.2) is 78.0 Å². The molecule has 6 nitrogen and oxygen atoms in total. The molecule has 3 aromatic rings. The Bertz CT molecular complexity index is 967. The van der Waals surface area contributed by atoms with Gasteiger partial charge < -0.3 is 4.74 Å². The number of amides is 1. The maximum Gasteiger partial charge on any atom is 0.343 e. The molecule has 0 aliphatic carbocycles. The van der Waals surface area contributed by atoms with Crippen molar-refractivity contribution in [3.63, 3.8) is 0 Å². The van der Waals surface area contributed by atoms with Gasteiger partial charge in [0, 0.05) is 11.9 Å². The van der Waals surface area contributed by atoms with Crippen LogP contribution in [0.4, 0.5) is 0 Å². The Morgan fingerprint density at radius 3 is 2.56 bits per heavy atom. The number of rotatable bonds is 5. The Balaban J connectivity index is 1.61. The summed E-state index contributed by atoms with van der Waals surface area (Å²) < 4.78 is 5.35. The summed E-state index contributed by atoms with van der Waals surface area (Å²) in [5.41, 5.74) is 4.83. The van der Waals surface area contributed by atoms with Crippen molar-refractivity contribution in [2.45, 2.75) is 6.92 Å². The first-order valence-electron chi connectivity index (χ1n) is 8.25. The lowest BCUT2D eigenvalue weighted by atomic mass is 10.2. The molecule has 3 rings (SSSR count). The van der Waals surface area contributed by atoms with Gasteiger partial charge >= 0.3 is 5.97 Å². The molecule has 1 heterocycles. The van der Waals surface area contributed by atoms with E-state index in [4.69, 9.17) is 4.74 Å². The summed E-state index contributed by atoms with van der Waals surface area (Å²) in [6.45, 7) is 1.84. The maximum atomic E-state index is 12.1. The lowest BCUT2D eigenvalue weighted by Gasteiger charge is -2.05. The monoisotopic (exact) mass is 359 g/mol. The topological polar surface area (TPSA) is 80.6 Å². The van der Waals surface area contributed by atoms with E-state index in [9.17, 15) is 9.59 Å². The number of nitrogens with one attached hydrogen (secondary N) is 1. The van der Waals surface area contributed by atoms with Crippen LogP contribution in [0.25, 0.3) is 0 Å². The van der Waals surface area contributed by atoms with E-state index in [-0.39, 0.29) is 5.91 Å². The lowest BCUT2D eigenvalue weighted by Crippen LogP contribution is -2.17. The van der Waals surface area contributed by atoms with E-state index in [2.05, 4.69) is 15.5 Å².